The van der Waals surface area contributed by atoms with E-state index in [0.717, 1.165) is 4.47 Å². The summed E-state index contributed by atoms with van der Waals surface area (Å²) in [5.74, 6) is 0.823. The zero-order valence-corrected chi connectivity index (χ0v) is 11.4. The Morgan fingerprint density at radius 3 is 3.00 bits per heavy atom. The third-order valence-corrected chi connectivity index (χ3v) is 3.25. The van der Waals surface area contributed by atoms with E-state index in [0.29, 0.717) is 30.2 Å². The minimum atomic E-state index is -0.338. The Morgan fingerprint density at radius 2 is 2.28 bits per heavy atom. The number of rotatable bonds is 4. The number of aromatic nitrogens is 2. The molecule has 1 aromatic carbocycles. The van der Waals surface area contributed by atoms with E-state index in [1.165, 1.54) is 12.1 Å². The lowest BCUT2D eigenvalue weighted by molar-refractivity contribution is 0.359. The van der Waals surface area contributed by atoms with Gasteiger partial charge in [-0.1, -0.05) is 28.0 Å². The van der Waals surface area contributed by atoms with Gasteiger partial charge in [-0.2, -0.15) is 4.98 Å². The lowest BCUT2D eigenvalue weighted by atomic mass is 10.1. The quantitative estimate of drug-likeness (QED) is 0.942. The van der Waals surface area contributed by atoms with Crippen molar-refractivity contribution in [3.63, 3.8) is 0 Å². The molecular formula is C12H13BrFN3O. The number of nitrogens with two attached hydrogens (primary N) is 1. The van der Waals surface area contributed by atoms with Gasteiger partial charge in [0.2, 0.25) is 11.7 Å². The maximum atomic E-state index is 13.2. The standard InChI is InChI=1S/C12H13BrFN3O/c1-7(6-15)4-11-16-12(17-18-11)9-5-8(14)2-3-10(9)13/h2-3,5,7H,4,6,15H2,1H3. The molecule has 2 rings (SSSR count). The molecule has 18 heavy (non-hydrogen) atoms. The van der Waals surface area contributed by atoms with E-state index in [2.05, 4.69) is 26.1 Å². The van der Waals surface area contributed by atoms with Crippen molar-refractivity contribution < 1.29 is 8.91 Å². The van der Waals surface area contributed by atoms with Gasteiger partial charge in [0.05, 0.1) is 0 Å². The number of benzene rings is 1. The number of hydrogen-bond donors (Lipinski definition) is 1. The molecule has 1 unspecified atom stereocenters. The minimum Gasteiger partial charge on any atom is -0.339 e. The second-order valence-corrected chi connectivity index (χ2v) is 5.04. The Labute approximate surface area is 113 Å². The molecular weight excluding hydrogens is 301 g/mol. The Morgan fingerprint density at radius 1 is 1.50 bits per heavy atom. The molecule has 0 aliphatic heterocycles. The van der Waals surface area contributed by atoms with E-state index in [-0.39, 0.29) is 11.7 Å². The summed E-state index contributed by atoms with van der Waals surface area (Å²) in [6.07, 6.45) is 0.621. The maximum absolute atomic E-state index is 13.2. The molecule has 96 valence electrons. The Hall–Kier alpha value is -1.27. The number of halogens is 2. The fourth-order valence-corrected chi connectivity index (χ4v) is 1.92. The van der Waals surface area contributed by atoms with Gasteiger partial charge in [-0.05, 0) is 30.7 Å². The van der Waals surface area contributed by atoms with Crippen molar-refractivity contribution in [1.29, 1.82) is 0 Å². The molecule has 1 atom stereocenters. The molecule has 2 aromatic rings. The zero-order chi connectivity index (χ0) is 13.1. The van der Waals surface area contributed by atoms with Crippen molar-refractivity contribution in [2.24, 2.45) is 11.7 Å². The summed E-state index contributed by atoms with van der Waals surface area (Å²) in [7, 11) is 0. The van der Waals surface area contributed by atoms with Crippen LogP contribution in [0.4, 0.5) is 4.39 Å². The third-order valence-electron chi connectivity index (χ3n) is 2.56. The summed E-state index contributed by atoms with van der Waals surface area (Å²) in [5.41, 5.74) is 6.11. The first-order valence-electron chi connectivity index (χ1n) is 5.58. The fraction of sp³-hybridized carbons (Fsp3) is 0.333. The molecule has 0 bridgehead atoms. The average Bonchev–Trinajstić information content (AvgIpc) is 2.80. The monoisotopic (exact) mass is 313 g/mol. The fourth-order valence-electron chi connectivity index (χ4n) is 1.50. The second-order valence-electron chi connectivity index (χ2n) is 4.18. The Bertz CT molecular complexity index is 544. The SMILES string of the molecule is CC(CN)Cc1nc(-c2cc(F)ccc2Br)no1. The Balaban J connectivity index is 2.26. The molecule has 0 amide bonds. The van der Waals surface area contributed by atoms with Gasteiger partial charge in [0.15, 0.2) is 0 Å². The molecule has 0 aliphatic carbocycles. The van der Waals surface area contributed by atoms with Crippen LogP contribution in [0.25, 0.3) is 11.4 Å². The molecule has 0 saturated heterocycles. The molecule has 0 fully saturated rings. The first kappa shape index (κ1) is 13.2. The summed E-state index contributed by atoms with van der Waals surface area (Å²) in [6, 6.07) is 4.35. The van der Waals surface area contributed by atoms with Crippen LogP contribution in [-0.2, 0) is 6.42 Å². The highest BCUT2D eigenvalue weighted by atomic mass is 79.9. The molecule has 0 radical (unpaired) electrons. The van der Waals surface area contributed by atoms with E-state index in [1.54, 1.807) is 6.07 Å². The number of hydrogen-bond acceptors (Lipinski definition) is 4. The molecule has 4 nitrogen and oxygen atoms in total. The van der Waals surface area contributed by atoms with Crippen molar-refractivity contribution in [1.82, 2.24) is 10.1 Å². The molecule has 0 aliphatic rings. The molecule has 6 heteroatoms. The minimum absolute atomic E-state index is 0.272. The smallest absolute Gasteiger partial charge is 0.227 e. The van der Waals surface area contributed by atoms with Gasteiger partial charge in [-0.15, -0.1) is 0 Å². The predicted molar refractivity (Wildman–Crippen MR) is 69.3 cm³/mol. The van der Waals surface area contributed by atoms with Crippen molar-refractivity contribution >= 4 is 15.9 Å². The van der Waals surface area contributed by atoms with E-state index < -0.39 is 0 Å². The van der Waals surface area contributed by atoms with Crippen molar-refractivity contribution in [2.75, 3.05) is 6.54 Å². The van der Waals surface area contributed by atoms with Crippen molar-refractivity contribution in [3.05, 3.63) is 34.4 Å². The molecule has 0 saturated carbocycles. The zero-order valence-electron chi connectivity index (χ0n) is 9.86. The Kier molecular flexibility index (Phi) is 4.08. The summed E-state index contributed by atoms with van der Waals surface area (Å²) in [5, 5.41) is 3.85. The van der Waals surface area contributed by atoms with Crippen LogP contribution in [0.3, 0.4) is 0 Å². The van der Waals surface area contributed by atoms with Crippen molar-refractivity contribution in [3.8, 4) is 11.4 Å². The van der Waals surface area contributed by atoms with Crippen LogP contribution in [0.2, 0.25) is 0 Å². The summed E-state index contributed by atoms with van der Waals surface area (Å²) in [4.78, 5) is 4.24. The lowest BCUT2D eigenvalue weighted by Crippen LogP contribution is -2.13. The van der Waals surface area contributed by atoms with Gasteiger partial charge in [-0.3, -0.25) is 0 Å². The molecule has 1 aromatic heterocycles. The predicted octanol–water partition coefficient (Wildman–Crippen LogP) is 2.78. The van der Waals surface area contributed by atoms with Crippen LogP contribution in [0, 0.1) is 11.7 Å². The summed E-state index contributed by atoms with van der Waals surface area (Å²) in [6.45, 7) is 2.56. The van der Waals surface area contributed by atoms with Gasteiger partial charge in [0.1, 0.15) is 5.82 Å². The van der Waals surface area contributed by atoms with Crippen LogP contribution >= 0.6 is 15.9 Å². The van der Waals surface area contributed by atoms with Gasteiger partial charge >= 0.3 is 0 Å². The van der Waals surface area contributed by atoms with Crippen LogP contribution in [-0.4, -0.2) is 16.7 Å². The van der Waals surface area contributed by atoms with Crippen molar-refractivity contribution in [2.45, 2.75) is 13.3 Å². The lowest BCUT2D eigenvalue weighted by Gasteiger charge is -2.02. The largest absolute Gasteiger partial charge is 0.339 e. The van der Waals surface area contributed by atoms with Gasteiger partial charge in [0, 0.05) is 16.5 Å². The van der Waals surface area contributed by atoms with Crippen LogP contribution in [0.5, 0.6) is 0 Å². The summed E-state index contributed by atoms with van der Waals surface area (Å²) < 4.78 is 19.0. The highest BCUT2D eigenvalue weighted by molar-refractivity contribution is 9.10. The summed E-state index contributed by atoms with van der Waals surface area (Å²) >= 11 is 3.33. The highest BCUT2D eigenvalue weighted by Gasteiger charge is 2.14. The van der Waals surface area contributed by atoms with E-state index in [1.807, 2.05) is 6.92 Å². The van der Waals surface area contributed by atoms with Crippen LogP contribution in [0.15, 0.2) is 27.2 Å². The first-order valence-corrected chi connectivity index (χ1v) is 6.37. The van der Waals surface area contributed by atoms with Crippen LogP contribution in [0.1, 0.15) is 12.8 Å². The van der Waals surface area contributed by atoms with Gasteiger partial charge < -0.3 is 10.3 Å². The van der Waals surface area contributed by atoms with Gasteiger partial charge in [0.25, 0.3) is 0 Å². The topological polar surface area (TPSA) is 64.9 Å². The van der Waals surface area contributed by atoms with E-state index >= 15 is 0 Å². The normalized spacial score (nSPS) is 12.7. The third kappa shape index (κ3) is 2.94. The van der Waals surface area contributed by atoms with E-state index in [9.17, 15) is 4.39 Å². The number of nitrogens with zero attached hydrogens (tertiary/aromatic N) is 2. The van der Waals surface area contributed by atoms with E-state index in [4.69, 9.17) is 10.3 Å². The second kappa shape index (κ2) is 5.58. The molecule has 2 N–H and O–H groups in total. The molecule has 0 spiro atoms. The average molecular weight is 314 g/mol. The highest BCUT2D eigenvalue weighted by Crippen LogP contribution is 2.27. The first-order chi connectivity index (χ1) is 8.60. The van der Waals surface area contributed by atoms with Gasteiger partial charge in [-0.25, -0.2) is 4.39 Å². The maximum Gasteiger partial charge on any atom is 0.227 e. The van der Waals surface area contributed by atoms with Crippen LogP contribution < -0.4 is 5.73 Å². The molecule has 1 heterocycles.